The molecule has 0 bridgehead atoms. The molecule has 4 heteroatoms. The van der Waals surface area contributed by atoms with E-state index in [1.54, 1.807) is 0 Å². The van der Waals surface area contributed by atoms with Gasteiger partial charge in [0.1, 0.15) is 6.61 Å². The Morgan fingerprint density at radius 3 is 2.85 bits per heavy atom. The molecule has 2 aromatic rings. The summed E-state index contributed by atoms with van der Waals surface area (Å²) in [5, 5.41) is 12.2. The van der Waals surface area contributed by atoms with Crippen molar-refractivity contribution >= 4 is 16.7 Å². The number of benzene rings is 2. The summed E-state index contributed by atoms with van der Waals surface area (Å²) in [7, 11) is 0. The number of cyclic esters (lactones) is 1. The molecule has 3 aliphatic rings. The maximum Gasteiger partial charge on any atom is 0.339 e. The van der Waals surface area contributed by atoms with Crippen LogP contribution in [0.4, 0.5) is 0 Å². The van der Waals surface area contributed by atoms with Gasteiger partial charge >= 0.3 is 5.97 Å². The second-order valence-electron chi connectivity index (χ2n) is 9.10. The zero-order chi connectivity index (χ0) is 18.1. The van der Waals surface area contributed by atoms with Gasteiger partial charge in [0, 0.05) is 30.4 Å². The van der Waals surface area contributed by atoms with Crippen LogP contribution in [0.2, 0.25) is 0 Å². The first kappa shape index (κ1) is 16.3. The summed E-state index contributed by atoms with van der Waals surface area (Å²) in [5.41, 5.74) is 3.43. The molecule has 4 nitrogen and oxygen atoms in total. The van der Waals surface area contributed by atoms with Crippen LogP contribution in [-0.4, -0.2) is 35.7 Å². The first-order valence-electron chi connectivity index (χ1n) is 9.47. The molecule has 0 spiro atoms. The van der Waals surface area contributed by atoms with E-state index in [1.165, 1.54) is 5.56 Å². The maximum atomic E-state index is 12.1. The van der Waals surface area contributed by atoms with Crippen molar-refractivity contribution in [2.24, 2.45) is 16.7 Å². The zero-order valence-electron chi connectivity index (χ0n) is 15.4. The van der Waals surface area contributed by atoms with Gasteiger partial charge in [-0.25, -0.2) is 4.79 Å². The van der Waals surface area contributed by atoms with E-state index in [4.69, 9.17) is 4.74 Å². The van der Waals surface area contributed by atoms with Crippen molar-refractivity contribution < 1.29 is 14.6 Å². The van der Waals surface area contributed by atoms with Crippen LogP contribution in [0.1, 0.15) is 41.8 Å². The lowest BCUT2D eigenvalue weighted by Gasteiger charge is -2.56. The van der Waals surface area contributed by atoms with Gasteiger partial charge in [-0.1, -0.05) is 38.1 Å². The van der Waals surface area contributed by atoms with Gasteiger partial charge in [0.05, 0.1) is 12.2 Å². The molecule has 5 rings (SSSR count). The number of hydrogen-bond donors (Lipinski definition) is 1. The van der Waals surface area contributed by atoms with Crippen molar-refractivity contribution in [3.63, 3.8) is 0 Å². The van der Waals surface area contributed by atoms with E-state index in [-0.39, 0.29) is 18.0 Å². The largest absolute Gasteiger partial charge is 0.457 e. The highest BCUT2D eigenvalue weighted by Crippen LogP contribution is 2.62. The minimum Gasteiger partial charge on any atom is -0.457 e. The zero-order valence-corrected chi connectivity index (χ0v) is 15.4. The number of nitrogens with zero attached hydrogens (tertiary/aromatic N) is 1. The summed E-state index contributed by atoms with van der Waals surface area (Å²) in [6.07, 6.45) is 1.10. The van der Waals surface area contributed by atoms with Crippen molar-refractivity contribution in [3.05, 3.63) is 47.0 Å². The van der Waals surface area contributed by atoms with Crippen molar-refractivity contribution in [2.45, 2.75) is 33.4 Å². The van der Waals surface area contributed by atoms with Gasteiger partial charge in [0.2, 0.25) is 0 Å². The molecule has 1 aliphatic carbocycles. The second kappa shape index (κ2) is 5.30. The molecule has 2 heterocycles. The lowest BCUT2D eigenvalue weighted by molar-refractivity contribution is -0.0977. The molecule has 1 saturated heterocycles. The molecule has 0 aromatic heterocycles. The summed E-state index contributed by atoms with van der Waals surface area (Å²) in [6, 6.07) is 10.2. The molecule has 2 aliphatic heterocycles. The highest BCUT2D eigenvalue weighted by atomic mass is 16.5. The first-order chi connectivity index (χ1) is 12.4. The molecular weight excluding hydrogens is 326 g/mol. The molecule has 0 amide bonds. The molecule has 0 radical (unpaired) electrons. The fourth-order valence-corrected chi connectivity index (χ4v) is 5.99. The number of esters is 1. The standard InChI is InChI=1S/C22H25NO3/c1-21(2)11-22(13-24)12-23(9-18(21)22)8-14-6-7-15-10-26-20(25)17-5-3-4-16(14)19(15)17/h3-7,18,24H,8-13H2,1-2H3/t18-,22-/m1/s1. The molecule has 1 saturated carbocycles. The third-order valence-electron chi connectivity index (χ3n) is 6.97. The van der Waals surface area contributed by atoms with Crippen LogP contribution in [0.15, 0.2) is 30.3 Å². The van der Waals surface area contributed by atoms with Crippen molar-refractivity contribution in [1.29, 1.82) is 0 Å². The van der Waals surface area contributed by atoms with E-state index >= 15 is 0 Å². The third-order valence-corrected chi connectivity index (χ3v) is 6.97. The number of aliphatic hydroxyl groups excluding tert-OH is 1. The lowest BCUT2D eigenvalue weighted by Crippen LogP contribution is -2.54. The number of aliphatic hydroxyl groups is 1. The highest BCUT2D eigenvalue weighted by molar-refractivity contribution is 6.08. The van der Waals surface area contributed by atoms with Crippen LogP contribution in [0, 0.1) is 16.7 Å². The quantitative estimate of drug-likeness (QED) is 0.862. The van der Waals surface area contributed by atoms with Gasteiger partial charge in [-0.05, 0) is 40.3 Å². The summed E-state index contributed by atoms with van der Waals surface area (Å²) in [5.74, 6) is 0.343. The maximum absolute atomic E-state index is 12.1. The summed E-state index contributed by atoms with van der Waals surface area (Å²) >= 11 is 0. The predicted octanol–water partition coefficient (Wildman–Crippen LogP) is 3.35. The molecule has 2 atom stereocenters. The fraction of sp³-hybridized carbons (Fsp3) is 0.500. The second-order valence-corrected chi connectivity index (χ2v) is 9.10. The monoisotopic (exact) mass is 351 g/mol. The Balaban J connectivity index is 1.50. The van der Waals surface area contributed by atoms with Gasteiger partial charge in [-0.3, -0.25) is 4.90 Å². The fourth-order valence-electron chi connectivity index (χ4n) is 5.99. The topological polar surface area (TPSA) is 49.8 Å². The van der Waals surface area contributed by atoms with E-state index in [0.29, 0.717) is 23.5 Å². The van der Waals surface area contributed by atoms with E-state index in [0.717, 1.165) is 42.4 Å². The number of hydrogen-bond acceptors (Lipinski definition) is 4. The van der Waals surface area contributed by atoms with E-state index in [2.05, 4.69) is 36.9 Å². The van der Waals surface area contributed by atoms with Crippen LogP contribution in [0.3, 0.4) is 0 Å². The van der Waals surface area contributed by atoms with Gasteiger partial charge in [-0.2, -0.15) is 0 Å². The van der Waals surface area contributed by atoms with Gasteiger partial charge in [-0.15, -0.1) is 0 Å². The van der Waals surface area contributed by atoms with Crippen LogP contribution in [0.5, 0.6) is 0 Å². The SMILES string of the molecule is CC1(C)C[C@]2(CO)CN(Cc3ccc4c5c(cccc35)C(=O)OC4)C[C@H]12. The number of rotatable bonds is 3. The Morgan fingerprint density at radius 2 is 2.12 bits per heavy atom. The molecule has 1 N–H and O–H groups in total. The number of carbonyl (C=O) groups excluding carboxylic acids is 1. The number of ether oxygens (including phenoxy) is 1. The molecular formula is C22H25NO3. The summed E-state index contributed by atoms with van der Waals surface area (Å²) < 4.78 is 5.28. The van der Waals surface area contributed by atoms with E-state index in [9.17, 15) is 9.90 Å². The first-order valence-corrected chi connectivity index (χ1v) is 9.47. The molecule has 2 fully saturated rings. The highest BCUT2D eigenvalue weighted by Gasteiger charge is 2.62. The Morgan fingerprint density at radius 1 is 1.27 bits per heavy atom. The Hall–Kier alpha value is -1.91. The van der Waals surface area contributed by atoms with Gasteiger partial charge < -0.3 is 9.84 Å². The van der Waals surface area contributed by atoms with Crippen LogP contribution in [0.25, 0.3) is 10.8 Å². The number of fused-ring (bicyclic) bond motifs is 1. The average Bonchev–Trinajstić information content (AvgIpc) is 2.94. The van der Waals surface area contributed by atoms with Gasteiger partial charge in [0.15, 0.2) is 0 Å². The van der Waals surface area contributed by atoms with Crippen molar-refractivity contribution in [2.75, 3.05) is 19.7 Å². The van der Waals surface area contributed by atoms with E-state index < -0.39 is 0 Å². The molecule has 2 aromatic carbocycles. The predicted molar refractivity (Wildman–Crippen MR) is 99.8 cm³/mol. The van der Waals surface area contributed by atoms with Crippen LogP contribution < -0.4 is 0 Å². The van der Waals surface area contributed by atoms with Crippen LogP contribution in [-0.2, 0) is 17.9 Å². The number of likely N-dealkylation sites (tertiary alicyclic amines) is 1. The Kier molecular flexibility index (Phi) is 3.32. The van der Waals surface area contributed by atoms with E-state index in [1.807, 2.05) is 12.1 Å². The molecule has 0 unspecified atom stereocenters. The lowest BCUT2D eigenvalue weighted by atomic mass is 9.48. The smallest absolute Gasteiger partial charge is 0.339 e. The minimum absolute atomic E-state index is 0.0830. The molecule has 136 valence electrons. The minimum atomic E-state index is -0.222. The summed E-state index contributed by atoms with van der Waals surface area (Å²) in [4.78, 5) is 14.6. The van der Waals surface area contributed by atoms with Crippen molar-refractivity contribution in [1.82, 2.24) is 4.90 Å². The number of carbonyl (C=O) groups is 1. The van der Waals surface area contributed by atoms with Crippen molar-refractivity contribution in [3.8, 4) is 0 Å². The Bertz CT molecular complexity index is 919. The Labute approximate surface area is 153 Å². The normalized spacial score (nSPS) is 29.3. The average molecular weight is 351 g/mol. The third kappa shape index (κ3) is 2.12. The van der Waals surface area contributed by atoms with Crippen LogP contribution >= 0.6 is 0 Å². The summed E-state index contributed by atoms with van der Waals surface area (Å²) in [6.45, 7) is 8.16. The molecule has 26 heavy (non-hydrogen) atoms. The van der Waals surface area contributed by atoms with Gasteiger partial charge in [0.25, 0.3) is 0 Å².